The molecule has 2 aliphatic rings. The van der Waals surface area contributed by atoms with Gasteiger partial charge in [-0.15, -0.1) is 11.8 Å². The Balaban J connectivity index is 1.14. The highest BCUT2D eigenvalue weighted by molar-refractivity contribution is 7.99. The molecule has 0 saturated heterocycles. The second-order valence-corrected chi connectivity index (χ2v) is 14.8. The Kier molecular flexibility index (Phi) is 14.1. The molecule has 10 nitrogen and oxygen atoms in total. The second-order valence-electron chi connectivity index (χ2n) is 13.6. The van der Waals surface area contributed by atoms with Gasteiger partial charge in [-0.3, -0.25) is 9.78 Å². The Bertz CT molecular complexity index is 1530. The summed E-state index contributed by atoms with van der Waals surface area (Å²) in [6.07, 6.45) is 6.41. The topological polar surface area (TPSA) is 156 Å². The number of thioether (sulfide) groups is 1. The summed E-state index contributed by atoms with van der Waals surface area (Å²) in [4.78, 5) is 20.3. The van der Waals surface area contributed by atoms with Crippen molar-refractivity contribution in [1.29, 1.82) is 0 Å². The lowest BCUT2D eigenvalue weighted by Crippen LogP contribution is -2.43. The average Bonchev–Trinajstić information content (AvgIpc) is 4.08. The third-order valence-electron chi connectivity index (χ3n) is 9.66. The molecule has 6 N–H and O–H groups in total. The van der Waals surface area contributed by atoms with Crippen molar-refractivity contribution in [3.8, 4) is 16.9 Å². The second kappa shape index (κ2) is 18.5. The third-order valence-corrected chi connectivity index (χ3v) is 10.7. The van der Waals surface area contributed by atoms with E-state index in [9.17, 15) is 25.2 Å². The number of ether oxygens (including phenoxy) is 1. The number of aliphatic hydroxyl groups is 5. The average molecular weight is 708 g/mol. The molecule has 272 valence electrons. The predicted molar refractivity (Wildman–Crippen MR) is 195 cm³/mol. The molecule has 2 fully saturated rings. The normalized spacial score (nSPS) is 16.8. The quantitative estimate of drug-likeness (QED) is 0.0658. The number of para-hydroxylation sites is 1. The number of aliphatic hydroxyl groups excluding tert-OH is 5. The molecule has 11 heteroatoms. The summed E-state index contributed by atoms with van der Waals surface area (Å²) >= 11 is 1.79. The molecule has 3 aromatic rings. The molecule has 0 aliphatic heterocycles. The highest BCUT2D eigenvalue weighted by atomic mass is 32.2. The van der Waals surface area contributed by atoms with Crippen molar-refractivity contribution >= 4 is 17.7 Å². The molecule has 0 spiro atoms. The fourth-order valence-electron chi connectivity index (χ4n) is 6.19. The first-order valence-corrected chi connectivity index (χ1v) is 18.9. The number of hydrogen-bond donors (Lipinski definition) is 6. The van der Waals surface area contributed by atoms with Crippen molar-refractivity contribution in [3.63, 3.8) is 0 Å². The van der Waals surface area contributed by atoms with Gasteiger partial charge in [0.1, 0.15) is 18.0 Å². The van der Waals surface area contributed by atoms with Crippen molar-refractivity contribution in [3.05, 3.63) is 77.6 Å². The van der Waals surface area contributed by atoms with E-state index in [4.69, 9.17) is 9.84 Å². The number of carbonyl (C=O) groups excluding carboxylic acids is 1. The van der Waals surface area contributed by atoms with Crippen LogP contribution in [-0.2, 0) is 16.9 Å². The van der Waals surface area contributed by atoms with Gasteiger partial charge in [0, 0.05) is 54.6 Å². The van der Waals surface area contributed by atoms with Crippen molar-refractivity contribution in [1.82, 2.24) is 15.2 Å². The number of rotatable bonds is 22. The molecule has 0 bridgehead atoms. The van der Waals surface area contributed by atoms with Gasteiger partial charge in [0.05, 0.1) is 25.2 Å². The molecule has 1 amide bonds. The van der Waals surface area contributed by atoms with Crippen LogP contribution in [0.25, 0.3) is 11.1 Å². The zero-order chi connectivity index (χ0) is 35.5. The van der Waals surface area contributed by atoms with Crippen LogP contribution in [0.15, 0.2) is 65.8 Å². The van der Waals surface area contributed by atoms with Gasteiger partial charge in [0.2, 0.25) is 5.91 Å². The smallest absolute Gasteiger partial charge is 0.225 e. The summed E-state index contributed by atoms with van der Waals surface area (Å²) < 4.78 is 6.28. The van der Waals surface area contributed by atoms with Crippen LogP contribution in [-0.4, -0.2) is 97.8 Å². The van der Waals surface area contributed by atoms with Crippen molar-refractivity contribution in [2.24, 2.45) is 0 Å². The fourth-order valence-corrected chi connectivity index (χ4v) is 7.16. The molecule has 0 radical (unpaired) electrons. The molecule has 5 rings (SSSR count). The lowest BCUT2D eigenvalue weighted by Gasteiger charge is -2.26. The maximum absolute atomic E-state index is 12.9. The van der Waals surface area contributed by atoms with Crippen LogP contribution in [0.2, 0.25) is 0 Å². The number of amides is 1. The van der Waals surface area contributed by atoms with Gasteiger partial charge < -0.3 is 40.5 Å². The Hall–Kier alpha value is -3.03. The number of nitrogens with one attached hydrogen (secondary N) is 1. The number of pyridine rings is 1. The van der Waals surface area contributed by atoms with Crippen LogP contribution >= 0.6 is 11.8 Å². The van der Waals surface area contributed by atoms with Gasteiger partial charge in [-0.2, -0.15) is 0 Å². The number of aromatic nitrogens is 1. The largest absolute Gasteiger partial charge is 0.490 e. The lowest BCUT2D eigenvalue weighted by atomic mass is 9.94. The van der Waals surface area contributed by atoms with Crippen LogP contribution in [0.4, 0.5) is 0 Å². The number of benzene rings is 2. The molecule has 1 heterocycles. The summed E-state index contributed by atoms with van der Waals surface area (Å²) in [5, 5.41) is 51.9. The van der Waals surface area contributed by atoms with Gasteiger partial charge >= 0.3 is 0 Å². The first kappa shape index (κ1) is 38.2. The molecule has 50 heavy (non-hydrogen) atoms. The minimum Gasteiger partial charge on any atom is -0.490 e. The minimum atomic E-state index is -1.61. The van der Waals surface area contributed by atoms with E-state index >= 15 is 0 Å². The van der Waals surface area contributed by atoms with Crippen molar-refractivity contribution < 1.29 is 35.1 Å². The predicted octanol–water partition coefficient (Wildman–Crippen LogP) is 4.32. The summed E-state index contributed by atoms with van der Waals surface area (Å²) in [7, 11) is 0. The van der Waals surface area contributed by atoms with E-state index in [1.807, 2.05) is 18.5 Å². The maximum Gasteiger partial charge on any atom is 0.225 e. The number of unbranched alkanes of at least 4 members (excludes halogenated alkanes) is 2. The zero-order valence-electron chi connectivity index (χ0n) is 29.0. The van der Waals surface area contributed by atoms with E-state index in [-0.39, 0.29) is 24.5 Å². The van der Waals surface area contributed by atoms with Gasteiger partial charge in [0.25, 0.3) is 0 Å². The summed E-state index contributed by atoms with van der Waals surface area (Å²) in [6, 6.07) is 17.0. The van der Waals surface area contributed by atoms with Gasteiger partial charge in [-0.05, 0) is 111 Å². The fraction of sp³-hybridized carbons (Fsp3) is 0.538. The Morgan fingerprint density at radius 1 is 1.00 bits per heavy atom. The van der Waals surface area contributed by atoms with E-state index in [1.54, 1.807) is 16.7 Å². The Morgan fingerprint density at radius 3 is 2.48 bits per heavy atom. The molecule has 1 aromatic heterocycles. The van der Waals surface area contributed by atoms with Crippen molar-refractivity contribution in [2.75, 3.05) is 32.1 Å². The molecular formula is C39H53N3O7S. The Morgan fingerprint density at radius 2 is 1.76 bits per heavy atom. The lowest BCUT2D eigenvalue weighted by molar-refractivity contribution is -0.138. The van der Waals surface area contributed by atoms with Crippen LogP contribution in [0, 0.1) is 6.92 Å². The van der Waals surface area contributed by atoms with Crippen molar-refractivity contribution in [2.45, 2.75) is 106 Å². The van der Waals surface area contributed by atoms with E-state index in [0.29, 0.717) is 32.0 Å². The number of aryl methyl sites for hydroxylation is 1. The van der Waals surface area contributed by atoms with E-state index < -0.39 is 24.9 Å². The summed E-state index contributed by atoms with van der Waals surface area (Å²) in [5.41, 5.74) is 5.88. The molecule has 2 saturated carbocycles. The Labute approximate surface area is 299 Å². The summed E-state index contributed by atoms with van der Waals surface area (Å²) in [5.74, 6) is 1.49. The highest BCUT2D eigenvalue weighted by Crippen LogP contribution is 2.50. The van der Waals surface area contributed by atoms with Gasteiger partial charge in [-0.1, -0.05) is 24.3 Å². The third kappa shape index (κ3) is 10.5. The van der Waals surface area contributed by atoms with Crippen LogP contribution in [0.1, 0.15) is 74.5 Å². The van der Waals surface area contributed by atoms with Crippen LogP contribution in [0.3, 0.4) is 0 Å². The maximum atomic E-state index is 12.9. The van der Waals surface area contributed by atoms with Crippen LogP contribution in [0.5, 0.6) is 5.75 Å². The first-order chi connectivity index (χ1) is 24.2. The molecule has 3 unspecified atom stereocenters. The molecular weight excluding hydrogens is 655 g/mol. The van der Waals surface area contributed by atoms with E-state index in [1.165, 1.54) is 27.1 Å². The van der Waals surface area contributed by atoms with Crippen LogP contribution < -0.4 is 10.1 Å². The first-order valence-electron chi connectivity index (χ1n) is 18.0. The zero-order valence-corrected chi connectivity index (χ0v) is 29.9. The molecule has 2 aromatic carbocycles. The van der Waals surface area contributed by atoms with Gasteiger partial charge in [0.15, 0.2) is 0 Å². The van der Waals surface area contributed by atoms with E-state index in [2.05, 4.69) is 59.7 Å². The molecule has 2 aliphatic carbocycles. The highest BCUT2D eigenvalue weighted by Gasteiger charge is 2.46. The van der Waals surface area contributed by atoms with E-state index in [0.717, 1.165) is 62.1 Å². The summed E-state index contributed by atoms with van der Waals surface area (Å²) in [6.45, 7) is 3.16. The monoisotopic (exact) mass is 707 g/mol. The SMILES string of the molecule is Cc1ccc(SCCCCN(CCCCO)C(=O)CC(O)C(O)C(O)CO)cc1CNC1(c2cnccc2-c2ccccc2OC2CC2)CC1. The standard InChI is InChI=1S/C39H53N3O7S/c1-27-10-13-30(50-21-7-5-19-42(18-4-6-20-43)37(47)23-34(45)38(48)35(46)26-44)22-28(27)24-41-39(15-16-39)33-25-40-17-14-31(33)32-8-2-3-9-36(32)49-29-11-12-29/h2-3,8-10,13-14,17,22,25,29,34-35,38,41,43-46,48H,4-7,11-12,15-16,18-21,23-24,26H2,1H3. The number of nitrogens with zero attached hydrogens (tertiary/aromatic N) is 2. The van der Waals surface area contributed by atoms with Gasteiger partial charge in [-0.25, -0.2) is 0 Å². The number of hydrogen-bond acceptors (Lipinski definition) is 10. The number of carbonyl (C=O) groups is 1. The molecule has 3 atom stereocenters. The minimum absolute atomic E-state index is 0.0343.